The van der Waals surface area contributed by atoms with E-state index in [1.54, 1.807) is 36.4 Å². The summed E-state index contributed by atoms with van der Waals surface area (Å²) in [6, 6.07) is 36.4. The Morgan fingerprint density at radius 2 is 1.00 bits per heavy atom. The number of rotatable bonds is 37. The van der Waals surface area contributed by atoms with Crippen molar-refractivity contribution in [1.82, 2.24) is 26.6 Å². The van der Waals surface area contributed by atoms with Crippen LogP contribution in [0.15, 0.2) is 133 Å². The highest BCUT2D eigenvalue weighted by atomic mass is 32.2. The lowest BCUT2D eigenvalue weighted by atomic mass is 9.87. The molecule has 2 heterocycles. The van der Waals surface area contributed by atoms with E-state index in [1.165, 1.54) is 49.9 Å². The fraction of sp³-hybridized carbons (Fsp3) is 0.449. The van der Waals surface area contributed by atoms with Crippen LogP contribution in [0.2, 0.25) is 0 Å². The van der Waals surface area contributed by atoms with Crippen molar-refractivity contribution in [2.75, 3.05) is 55.9 Å². The Balaban J connectivity index is 0.793. The van der Waals surface area contributed by atoms with Gasteiger partial charge in [0.2, 0.25) is 17.7 Å². The average molecular weight is 1380 g/mol. The van der Waals surface area contributed by atoms with Crippen molar-refractivity contribution in [3.63, 3.8) is 0 Å². The number of aliphatic hydroxyl groups is 6. The maximum absolute atomic E-state index is 13.3. The van der Waals surface area contributed by atoms with Gasteiger partial charge in [0, 0.05) is 68.5 Å². The lowest BCUT2D eigenvalue weighted by Gasteiger charge is -2.46. The molecule has 1 unspecified atom stereocenters. The molecule has 0 spiro atoms. The quantitative estimate of drug-likeness (QED) is 0.0200. The molecule has 0 aliphatic carbocycles. The fourth-order valence-electron chi connectivity index (χ4n) is 10.9. The average Bonchev–Trinajstić information content (AvgIpc) is 0.782. The lowest BCUT2D eigenvalue weighted by Crippen LogP contribution is -2.68. The van der Waals surface area contributed by atoms with Gasteiger partial charge in [-0.25, -0.2) is 9.59 Å². The summed E-state index contributed by atoms with van der Waals surface area (Å²) in [6.07, 6.45) is -16.4. The smallest absolute Gasteiger partial charge is 0.364 e. The van der Waals surface area contributed by atoms with E-state index in [4.69, 9.17) is 18.9 Å². The van der Waals surface area contributed by atoms with Crippen LogP contribution in [0.3, 0.4) is 0 Å². The van der Waals surface area contributed by atoms with Crippen molar-refractivity contribution < 1.29 is 103 Å². The summed E-state index contributed by atoms with van der Waals surface area (Å²) in [5.74, 6) is -11.1. The molecule has 26 nitrogen and oxygen atoms in total. The Labute approximate surface area is 568 Å². The van der Waals surface area contributed by atoms with E-state index in [9.17, 15) is 83.8 Å². The van der Waals surface area contributed by atoms with E-state index in [2.05, 4.69) is 26.6 Å². The zero-order chi connectivity index (χ0) is 70.2. The number of carboxylic acids is 2. The van der Waals surface area contributed by atoms with E-state index >= 15 is 0 Å². The minimum absolute atomic E-state index is 0.00313. The molecular formula is C69H85N5O21S2. The zero-order valence-electron chi connectivity index (χ0n) is 53.7. The minimum atomic E-state index is -2.59. The highest BCUT2D eigenvalue weighted by Crippen LogP contribution is 2.36. The summed E-state index contributed by atoms with van der Waals surface area (Å²) >= 11 is -0.150. The first-order chi connectivity index (χ1) is 46.5. The number of Topliss-reactive ketones (excluding diaryl/α,β-unsaturated/α-hetero) is 1. The molecule has 0 aromatic heterocycles. The third-order valence-corrected chi connectivity index (χ3v) is 18.8. The van der Waals surface area contributed by atoms with Crippen LogP contribution in [0.4, 0.5) is 0 Å². The minimum Gasteiger partial charge on any atom is -0.616 e. The molecule has 5 aromatic rings. The number of nitrogens with one attached hydrogen (secondary N) is 5. The van der Waals surface area contributed by atoms with Crippen molar-refractivity contribution in [3.05, 3.63) is 156 Å². The van der Waals surface area contributed by atoms with Gasteiger partial charge in [-0.15, -0.1) is 0 Å². The predicted molar refractivity (Wildman–Crippen MR) is 357 cm³/mol. The third kappa shape index (κ3) is 21.9. The summed E-state index contributed by atoms with van der Waals surface area (Å²) in [5.41, 5.74) is 5.43. The van der Waals surface area contributed by atoms with Gasteiger partial charge >= 0.3 is 11.9 Å². The van der Waals surface area contributed by atoms with Crippen LogP contribution in [0.25, 0.3) is 22.3 Å². The molecule has 0 saturated carbocycles. The van der Waals surface area contributed by atoms with Crippen LogP contribution in [0.1, 0.15) is 84.2 Å². The van der Waals surface area contributed by atoms with E-state index in [0.717, 1.165) is 22.3 Å². The van der Waals surface area contributed by atoms with Gasteiger partial charge in [0.1, 0.15) is 42.0 Å². The molecule has 0 bridgehead atoms. The molecule has 0 radical (unpaired) electrons. The summed E-state index contributed by atoms with van der Waals surface area (Å²) in [4.78, 5) is 103. The van der Waals surface area contributed by atoms with Crippen molar-refractivity contribution >= 4 is 70.2 Å². The van der Waals surface area contributed by atoms with Gasteiger partial charge in [-0.3, -0.25) is 28.8 Å². The van der Waals surface area contributed by atoms with Crippen LogP contribution in [0.5, 0.6) is 0 Å². The number of hydrogen-bond donors (Lipinski definition) is 13. The molecule has 2 saturated heterocycles. The number of hydrogen-bond acceptors (Lipinski definition) is 20. The van der Waals surface area contributed by atoms with Crippen LogP contribution < -0.4 is 26.6 Å². The highest BCUT2D eigenvalue weighted by molar-refractivity contribution is 7.99. The van der Waals surface area contributed by atoms with Gasteiger partial charge in [0.05, 0.1) is 56.6 Å². The summed E-state index contributed by atoms with van der Waals surface area (Å²) in [5, 5.41) is 101. The molecular weight excluding hydrogens is 1300 g/mol. The van der Waals surface area contributed by atoms with Crippen molar-refractivity contribution in [3.8, 4) is 22.3 Å². The molecule has 28 heteroatoms. The number of ketones is 1. The first kappa shape index (κ1) is 76.7. The van der Waals surface area contributed by atoms with E-state index < -0.39 is 150 Å². The topological polar surface area (TPSA) is 419 Å². The van der Waals surface area contributed by atoms with E-state index in [-0.39, 0.29) is 87.5 Å². The molecule has 5 amide bonds. The predicted octanol–water partition coefficient (Wildman–Crippen LogP) is 2.04. The van der Waals surface area contributed by atoms with Crippen LogP contribution in [0, 0.1) is 0 Å². The fourth-order valence-corrected chi connectivity index (χ4v) is 12.7. The summed E-state index contributed by atoms with van der Waals surface area (Å²) in [7, 11) is 0. The lowest BCUT2D eigenvalue weighted by molar-refractivity contribution is -0.310. The van der Waals surface area contributed by atoms with Crippen molar-refractivity contribution in [2.24, 2.45) is 0 Å². The molecule has 13 N–H and O–H groups in total. The zero-order valence-corrected chi connectivity index (χ0v) is 55.3. The molecule has 5 aromatic carbocycles. The Morgan fingerprint density at radius 1 is 0.557 bits per heavy atom. The molecule has 97 heavy (non-hydrogen) atoms. The van der Waals surface area contributed by atoms with Gasteiger partial charge in [0.15, 0.2) is 5.78 Å². The normalized spacial score (nSPS) is 22.3. The maximum atomic E-state index is 13.3. The van der Waals surface area contributed by atoms with Gasteiger partial charge in [0.25, 0.3) is 23.4 Å². The molecule has 524 valence electrons. The number of amides is 5. The Morgan fingerprint density at radius 3 is 1.47 bits per heavy atom. The van der Waals surface area contributed by atoms with Gasteiger partial charge in [-0.05, 0) is 69.8 Å². The van der Waals surface area contributed by atoms with Crippen LogP contribution in [-0.4, -0.2) is 221 Å². The maximum Gasteiger partial charge on any atom is 0.364 e. The number of aliphatic hydroxyl groups excluding tert-OH is 6. The Hall–Kier alpha value is -7.68. The number of aliphatic carboxylic acids is 2. The monoisotopic (exact) mass is 1380 g/mol. The van der Waals surface area contributed by atoms with E-state index in [0.29, 0.717) is 22.6 Å². The van der Waals surface area contributed by atoms with Gasteiger partial charge in [-0.1, -0.05) is 134 Å². The van der Waals surface area contributed by atoms with Crippen molar-refractivity contribution in [2.45, 2.75) is 138 Å². The Bertz CT molecular complexity index is 3400. The second kappa shape index (κ2) is 37.3. The molecule has 7 rings (SSSR count). The number of thioether (sulfide) groups is 1. The van der Waals surface area contributed by atoms with Gasteiger partial charge in [-0.2, -0.15) is 11.8 Å². The SMILES string of the molecule is CCC(=O)N[C@H]1[C@H]([C@H](O)[C@H](O)CNC(=O)Cc2ccc(-c3ccccc3)cc2)O[C@@](OCCC[S+]([O-])CCNC(=O)c2ccc(C(=O)NCCSCCCO[C@]3(C(=O)O)C[C@H](O)[C@@H](NC(=O)CC)[C@H]([C@H](O)[C@H](O)C(=O)Cc4ccc(-c5ccccc5)cc4)O3)cc2)(C(=O)O)C[C@@H]1O. The molecule has 2 aliphatic heterocycles. The molecule has 2 aliphatic rings. The van der Waals surface area contributed by atoms with E-state index in [1.807, 2.05) is 72.8 Å². The van der Waals surface area contributed by atoms with Crippen LogP contribution in [-0.2, 0) is 71.7 Å². The van der Waals surface area contributed by atoms with Crippen molar-refractivity contribution in [1.29, 1.82) is 0 Å². The van der Waals surface area contributed by atoms with Crippen LogP contribution >= 0.6 is 11.8 Å². The number of ether oxygens (including phenoxy) is 4. The third-order valence-electron chi connectivity index (χ3n) is 16.4. The second-order valence-corrected chi connectivity index (χ2v) is 26.3. The van der Waals surface area contributed by atoms with Gasteiger partial charge < -0.3 is 90.9 Å². The number of carboxylic acid groups (broad SMARTS) is 2. The summed E-state index contributed by atoms with van der Waals surface area (Å²) < 4.78 is 36.1. The highest BCUT2D eigenvalue weighted by Gasteiger charge is 2.57. The molecule has 2 fully saturated rings. The number of benzene rings is 5. The summed E-state index contributed by atoms with van der Waals surface area (Å²) in [6.45, 7) is 2.18. The Kier molecular flexibility index (Phi) is 29.5. The first-order valence-electron chi connectivity index (χ1n) is 31.9. The first-order valence-corrected chi connectivity index (χ1v) is 34.6. The largest absolute Gasteiger partial charge is 0.616 e. The second-order valence-electron chi connectivity index (χ2n) is 23.4. The standard InChI is InChI=1S/C69H85N5O21S2/c1-3-54(79)73-57-51(76)39-69(67(89)90,94-62(57)60(83)53(78)41-72-56(81)38-43-19-23-47(24-20-43)45-15-9-6-10-16-45)93-32-12-35-97(91)36-30-71-65(86)49-27-25-48(26-28-49)64(85)70-29-34-96-33-11-31-92-68(66(87)88)40-52(77)58(74-55(80)4-2)63(95-68)61(84)59(82)50(75)37-42-17-21-46(22-18-42)44-13-7-5-8-14-44/h5-10,13-28,51-53,57-63,76-78,82-84H,3-4,11-12,29-41H2,1-2H3,(H,70,85)(H,71,86)(H,72,81)(H,73,79)(H,74,80)(H,87,88)(H,89,90)/t51-,52-,53+,57+,58+,59+,60+,61+,62+,63+,68+,69+,97?/m0/s1. The number of carbonyl (C=O) groups excluding carboxylic acids is 6. The molecule has 13 atom stereocenters. The number of carbonyl (C=O) groups is 8.